The zero-order valence-corrected chi connectivity index (χ0v) is 13.3. The smallest absolute Gasteiger partial charge is 0.341 e. The highest BCUT2D eigenvalue weighted by Gasteiger charge is 2.15. The lowest BCUT2D eigenvalue weighted by Gasteiger charge is -2.19. The third-order valence-corrected chi connectivity index (χ3v) is 3.65. The summed E-state index contributed by atoms with van der Waals surface area (Å²) in [7, 11) is 1.80. The molecule has 0 aliphatic heterocycles. The summed E-state index contributed by atoms with van der Waals surface area (Å²) in [5.41, 5.74) is 3.70. The van der Waals surface area contributed by atoms with Crippen molar-refractivity contribution in [1.82, 2.24) is 9.78 Å². The van der Waals surface area contributed by atoms with Gasteiger partial charge in [0.05, 0.1) is 6.20 Å². The van der Waals surface area contributed by atoms with Gasteiger partial charge in [0.15, 0.2) is 0 Å². The van der Waals surface area contributed by atoms with E-state index in [0.717, 1.165) is 11.3 Å². The molecule has 2 aromatic rings. The van der Waals surface area contributed by atoms with Crippen molar-refractivity contribution in [2.75, 3.05) is 0 Å². The highest BCUT2D eigenvalue weighted by molar-refractivity contribution is 5.90. The number of aromatic nitrogens is 2. The maximum atomic E-state index is 12.0. The standard InChI is InChI=1S/C17H22N2O2/c1-12-15(10-18-19(12)5)16(20)21-11-13-6-8-14(9-7-13)17(2,3)4/h6-10H,11H2,1-5H3. The van der Waals surface area contributed by atoms with E-state index in [4.69, 9.17) is 4.74 Å². The predicted molar refractivity (Wildman–Crippen MR) is 82.2 cm³/mol. The summed E-state index contributed by atoms with van der Waals surface area (Å²) in [5.74, 6) is -0.333. The summed E-state index contributed by atoms with van der Waals surface area (Å²) in [6.45, 7) is 8.65. The fraction of sp³-hybridized carbons (Fsp3) is 0.412. The number of carbonyl (C=O) groups is 1. The quantitative estimate of drug-likeness (QED) is 0.812. The number of carbonyl (C=O) groups excluding carboxylic acids is 1. The van der Waals surface area contributed by atoms with Gasteiger partial charge in [-0.25, -0.2) is 4.79 Å². The van der Waals surface area contributed by atoms with Gasteiger partial charge in [-0.3, -0.25) is 4.68 Å². The molecule has 0 radical (unpaired) electrons. The zero-order chi connectivity index (χ0) is 15.6. The van der Waals surface area contributed by atoms with Crippen LogP contribution in [0, 0.1) is 6.92 Å². The van der Waals surface area contributed by atoms with Crippen LogP contribution in [0.1, 0.15) is 48.0 Å². The molecule has 0 fully saturated rings. The third kappa shape index (κ3) is 3.51. The molecule has 0 spiro atoms. The van der Waals surface area contributed by atoms with Crippen molar-refractivity contribution < 1.29 is 9.53 Å². The summed E-state index contributed by atoms with van der Waals surface area (Å²) in [4.78, 5) is 12.0. The fourth-order valence-corrected chi connectivity index (χ4v) is 2.03. The number of hydrogen-bond donors (Lipinski definition) is 0. The Morgan fingerprint density at radius 1 is 1.24 bits per heavy atom. The number of nitrogens with zero attached hydrogens (tertiary/aromatic N) is 2. The SMILES string of the molecule is Cc1c(C(=O)OCc2ccc(C(C)(C)C)cc2)cnn1C. The second-order valence-electron chi connectivity index (χ2n) is 6.29. The van der Waals surface area contributed by atoms with Crippen molar-refractivity contribution in [1.29, 1.82) is 0 Å². The molecule has 112 valence electrons. The molecule has 1 aromatic carbocycles. The van der Waals surface area contributed by atoms with E-state index in [-0.39, 0.29) is 18.0 Å². The molecular formula is C17H22N2O2. The van der Waals surface area contributed by atoms with Crippen LogP contribution in [0.25, 0.3) is 0 Å². The zero-order valence-electron chi connectivity index (χ0n) is 13.3. The summed E-state index contributed by atoms with van der Waals surface area (Å²) in [6, 6.07) is 8.17. The third-order valence-electron chi connectivity index (χ3n) is 3.65. The van der Waals surface area contributed by atoms with Crippen molar-refractivity contribution in [2.45, 2.75) is 39.7 Å². The molecule has 1 aromatic heterocycles. The van der Waals surface area contributed by atoms with E-state index >= 15 is 0 Å². The van der Waals surface area contributed by atoms with Crippen LogP contribution in [0.2, 0.25) is 0 Å². The Morgan fingerprint density at radius 2 is 1.86 bits per heavy atom. The summed E-state index contributed by atoms with van der Waals surface area (Å²) in [6.07, 6.45) is 1.54. The summed E-state index contributed by atoms with van der Waals surface area (Å²) in [5, 5.41) is 4.05. The van der Waals surface area contributed by atoms with Crippen LogP contribution < -0.4 is 0 Å². The maximum absolute atomic E-state index is 12.0. The van der Waals surface area contributed by atoms with Crippen molar-refractivity contribution in [3.63, 3.8) is 0 Å². The van der Waals surface area contributed by atoms with Crippen molar-refractivity contribution in [3.8, 4) is 0 Å². The van der Waals surface area contributed by atoms with Gasteiger partial charge < -0.3 is 4.74 Å². The Bertz CT molecular complexity index is 634. The Balaban J connectivity index is 2.00. The lowest BCUT2D eigenvalue weighted by molar-refractivity contribution is 0.0471. The minimum atomic E-state index is -0.333. The molecule has 21 heavy (non-hydrogen) atoms. The van der Waals surface area contributed by atoms with E-state index in [9.17, 15) is 4.79 Å². The van der Waals surface area contributed by atoms with Gasteiger partial charge in [-0.2, -0.15) is 5.10 Å². The topological polar surface area (TPSA) is 44.1 Å². The average molecular weight is 286 g/mol. The van der Waals surface area contributed by atoms with Crippen LogP contribution in [0.15, 0.2) is 30.5 Å². The number of hydrogen-bond acceptors (Lipinski definition) is 3. The molecule has 0 aliphatic carbocycles. The first-order chi connectivity index (χ1) is 9.79. The second-order valence-corrected chi connectivity index (χ2v) is 6.29. The van der Waals surface area contributed by atoms with Gasteiger partial charge >= 0.3 is 5.97 Å². The van der Waals surface area contributed by atoms with Crippen LogP contribution in [0.3, 0.4) is 0 Å². The molecule has 0 atom stereocenters. The average Bonchev–Trinajstić information content (AvgIpc) is 2.76. The van der Waals surface area contributed by atoms with Crippen LogP contribution in [0.4, 0.5) is 0 Å². The van der Waals surface area contributed by atoms with Gasteiger partial charge in [-0.05, 0) is 23.5 Å². The van der Waals surface area contributed by atoms with Gasteiger partial charge in [-0.15, -0.1) is 0 Å². The van der Waals surface area contributed by atoms with Crippen LogP contribution in [0.5, 0.6) is 0 Å². The van der Waals surface area contributed by atoms with E-state index in [1.165, 1.54) is 5.56 Å². The molecule has 0 amide bonds. The van der Waals surface area contributed by atoms with E-state index < -0.39 is 0 Å². The van der Waals surface area contributed by atoms with E-state index in [1.54, 1.807) is 17.9 Å². The lowest BCUT2D eigenvalue weighted by atomic mass is 9.87. The van der Waals surface area contributed by atoms with Crippen molar-refractivity contribution >= 4 is 5.97 Å². The lowest BCUT2D eigenvalue weighted by Crippen LogP contribution is -2.11. The predicted octanol–water partition coefficient (Wildman–Crippen LogP) is 3.38. The number of rotatable bonds is 3. The fourth-order valence-electron chi connectivity index (χ4n) is 2.03. The van der Waals surface area contributed by atoms with Crippen molar-refractivity contribution in [3.05, 3.63) is 52.8 Å². The molecule has 0 bridgehead atoms. The van der Waals surface area contributed by atoms with E-state index in [1.807, 2.05) is 19.1 Å². The molecule has 0 saturated carbocycles. The first kappa shape index (κ1) is 15.3. The highest BCUT2D eigenvalue weighted by Crippen LogP contribution is 2.22. The number of ether oxygens (including phenoxy) is 1. The van der Waals surface area contributed by atoms with Crippen LogP contribution >= 0.6 is 0 Å². The Hall–Kier alpha value is -2.10. The maximum Gasteiger partial charge on any atom is 0.341 e. The first-order valence-corrected chi connectivity index (χ1v) is 7.04. The van der Waals surface area contributed by atoms with Gasteiger partial charge in [0.1, 0.15) is 12.2 Å². The van der Waals surface area contributed by atoms with Crippen LogP contribution in [-0.2, 0) is 23.8 Å². The summed E-state index contributed by atoms with van der Waals surface area (Å²) < 4.78 is 7.00. The van der Waals surface area contributed by atoms with Gasteiger partial charge in [0.25, 0.3) is 0 Å². The Kier molecular flexibility index (Phi) is 4.16. The molecule has 2 rings (SSSR count). The van der Waals surface area contributed by atoms with Gasteiger partial charge in [0, 0.05) is 12.7 Å². The Labute approximate surface area is 125 Å². The minimum Gasteiger partial charge on any atom is -0.457 e. The normalized spacial score (nSPS) is 11.5. The minimum absolute atomic E-state index is 0.127. The number of esters is 1. The molecule has 0 N–H and O–H groups in total. The number of benzene rings is 1. The molecule has 4 heteroatoms. The second kappa shape index (κ2) is 5.72. The molecule has 0 unspecified atom stereocenters. The molecule has 1 heterocycles. The number of aryl methyl sites for hydroxylation is 1. The highest BCUT2D eigenvalue weighted by atomic mass is 16.5. The Morgan fingerprint density at radius 3 is 2.33 bits per heavy atom. The molecular weight excluding hydrogens is 264 g/mol. The van der Waals surface area contributed by atoms with Gasteiger partial charge in [0.2, 0.25) is 0 Å². The van der Waals surface area contributed by atoms with Crippen LogP contribution in [-0.4, -0.2) is 15.7 Å². The molecule has 0 saturated heterocycles. The first-order valence-electron chi connectivity index (χ1n) is 7.04. The van der Waals surface area contributed by atoms with E-state index in [0.29, 0.717) is 5.56 Å². The molecule has 0 aliphatic rings. The largest absolute Gasteiger partial charge is 0.457 e. The van der Waals surface area contributed by atoms with Crippen molar-refractivity contribution in [2.24, 2.45) is 7.05 Å². The monoisotopic (exact) mass is 286 g/mol. The summed E-state index contributed by atoms with van der Waals surface area (Å²) >= 11 is 0. The van der Waals surface area contributed by atoms with E-state index in [2.05, 4.69) is 38.0 Å². The molecule has 4 nitrogen and oxygen atoms in total. The van der Waals surface area contributed by atoms with Gasteiger partial charge in [-0.1, -0.05) is 45.0 Å².